The summed E-state index contributed by atoms with van der Waals surface area (Å²) < 4.78 is 0. The maximum Gasteiger partial charge on any atom is 0.256 e. The lowest BCUT2D eigenvalue weighted by molar-refractivity contribution is 0.0978. The Bertz CT molecular complexity index is 1200. The van der Waals surface area contributed by atoms with Gasteiger partial charge in [0.05, 0.1) is 11.3 Å². The number of nitrogens with one attached hydrogen (secondary N) is 1. The molecule has 0 heterocycles. The second kappa shape index (κ2) is 6.83. The summed E-state index contributed by atoms with van der Waals surface area (Å²) in [5.41, 5.74) is 9.97. The van der Waals surface area contributed by atoms with Crippen LogP contribution in [0, 0.1) is 0 Å². The summed E-state index contributed by atoms with van der Waals surface area (Å²) in [5.74, 6) is -1.35. The monoisotopic (exact) mass is 368 g/mol. The summed E-state index contributed by atoms with van der Waals surface area (Å²) in [6.45, 7) is 0. The molecule has 0 saturated carbocycles. The third kappa shape index (κ3) is 2.72. The molecule has 1 aliphatic rings. The molecule has 0 spiro atoms. The maximum atomic E-state index is 13.0. The Morgan fingerprint density at radius 1 is 0.821 bits per heavy atom. The number of ketones is 2. The number of hydrogen-bond donors (Lipinski definition) is 1. The van der Waals surface area contributed by atoms with E-state index >= 15 is 0 Å². The zero-order chi connectivity index (χ0) is 19.7. The molecule has 0 bridgehead atoms. The number of fused-ring (bicyclic) bond motifs is 2. The van der Waals surface area contributed by atoms with Crippen molar-refractivity contribution in [2.45, 2.75) is 0 Å². The average molecular weight is 368 g/mol. The van der Waals surface area contributed by atoms with Gasteiger partial charge in [-0.05, 0) is 29.8 Å². The number of nitrogens with zero attached hydrogens (tertiary/aromatic N) is 3. The number of benzene rings is 3. The van der Waals surface area contributed by atoms with Crippen molar-refractivity contribution in [1.82, 2.24) is 0 Å². The SMILES string of the molecule is [N-]=[N+]=Nc1c(C(=O)Nc2ccccc2)ccc2c1C(=O)c1ccccc1C2=O. The van der Waals surface area contributed by atoms with Gasteiger partial charge in [0.25, 0.3) is 5.91 Å². The van der Waals surface area contributed by atoms with E-state index in [1.165, 1.54) is 18.2 Å². The molecule has 4 rings (SSSR count). The molecule has 1 aliphatic carbocycles. The zero-order valence-electron chi connectivity index (χ0n) is 14.4. The molecule has 28 heavy (non-hydrogen) atoms. The lowest BCUT2D eigenvalue weighted by Gasteiger charge is -2.20. The Labute approximate surface area is 159 Å². The summed E-state index contributed by atoms with van der Waals surface area (Å²) in [6, 6.07) is 18.0. The maximum absolute atomic E-state index is 13.0. The first-order valence-corrected chi connectivity index (χ1v) is 8.38. The molecule has 7 nitrogen and oxygen atoms in total. The summed E-state index contributed by atoms with van der Waals surface area (Å²) in [4.78, 5) is 41.3. The molecule has 134 valence electrons. The van der Waals surface area contributed by atoms with E-state index < -0.39 is 11.7 Å². The molecular weight excluding hydrogens is 356 g/mol. The minimum absolute atomic E-state index is 0.0148. The molecule has 0 unspecified atom stereocenters. The van der Waals surface area contributed by atoms with Gasteiger partial charge in [-0.25, -0.2) is 0 Å². The van der Waals surface area contributed by atoms with Crippen molar-refractivity contribution < 1.29 is 14.4 Å². The van der Waals surface area contributed by atoms with Crippen molar-refractivity contribution in [1.29, 1.82) is 0 Å². The minimum atomic E-state index is -0.546. The highest BCUT2D eigenvalue weighted by atomic mass is 16.2. The molecule has 0 aromatic heterocycles. The van der Waals surface area contributed by atoms with Gasteiger partial charge in [0.1, 0.15) is 0 Å². The number of carbonyl (C=O) groups excluding carboxylic acids is 3. The van der Waals surface area contributed by atoms with Gasteiger partial charge in [0.2, 0.25) is 0 Å². The first kappa shape index (κ1) is 17.2. The highest BCUT2D eigenvalue weighted by Crippen LogP contribution is 2.36. The van der Waals surface area contributed by atoms with Gasteiger partial charge in [-0.15, -0.1) is 0 Å². The number of azide groups is 1. The summed E-state index contributed by atoms with van der Waals surface area (Å²) in [6.07, 6.45) is 0. The lowest BCUT2D eigenvalue weighted by Crippen LogP contribution is -2.22. The van der Waals surface area contributed by atoms with Crippen LogP contribution in [0.5, 0.6) is 0 Å². The molecule has 0 saturated heterocycles. The van der Waals surface area contributed by atoms with Crippen molar-refractivity contribution in [2.75, 3.05) is 5.32 Å². The second-order valence-electron chi connectivity index (χ2n) is 6.10. The number of anilines is 1. The highest BCUT2D eigenvalue weighted by Gasteiger charge is 2.33. The van der Waals surface area contributed by atoms with Gasteiger partial charge in [-0.1, -0.05) is 47.6 Å². The smallest absolute Gasteiger partial charge is 0.256 e. The van der Waals surface area contributed by atoms with Crippen LogP contribution in [0.2, 0.25) is 0 Å². The molecule has 0 fully saturated rings. The molecule has 0 aliphatic heterocycles. The van der Waals surface area contributed by atoms with Crippen molar-refractivity contribution in [3.05, 3.63) is 105 Å². The topological polar surface area (TPSA) is 112 Å². The quantitative estimate of drug-likeness (QED) is 0.322. The minimum Gasteiger partial charge on any atom is -0.322 e. The number of para-hydroxylation sites is 1. The van der Waals surface area contributed by atoms with E-state index in [1.807, 2.05) is 6.07 Å². The van der Waals surface area contributed by atoms with E-state index in [9.17, 15) is 14.4 Å². The predicted octanol–water partition coefficient (Wildman–Crippen LogP) is 4.66. The Hall–Kier alpha value is -4.22. The third-order valence-corrected chi connectivity index (χ3v) is 4.49. The molecule has 1 amide bonds. The van der Waals surface area contributed by atoms with Crippen molar-refractivity contribution in [3.63, 3.8) is 0 Å². The third-order valence-electron chi connectivity index (χ3n) is 4.49. The fourth-order valence-electron chi connectivity index (χ4n) is 3.22. The fourth-order valence-corrected chi connectivity index (χ4v) is 3.22. The first-order valence-electron chi connectivity index (χ1n) is 8.38. The Morgan fingerprint density at radius 2 is 1.46 bits per heavy atom. The van der Waals surface area contributed by atoms with E-state index in [1.54, 1.807) is 42.5 Å². The number of rotatable bonds is 3. The molecule has 3 aromatic carbocycles. The number of hydrogen-bond acceptors (Lipinski definition) is 4. The standard InChI is InChI=1S/C21H12N4O3/c22-25-24-18-16(21(28)23-12-6-2-1-3-7-12)11-10-15-17(18)20(27)14-9-5-4-8-13(14)19(15)26/h1-11H,(H,23,28). The van der Waals surface area contributed by atoms with Crippen LogP contribution >= 0.6 is 0 Å². The van der Waals surface area contributed by atoms with Crippen molar-refractivity contribution in [2.24, 2.45) is 5.11 Å². The van der Waals surface area contributed by atoms with Crippen LogP contribution in [0.25, 0.3) is 10.4 Å². The van der Waals surface area contributed by atoms with E-state index in [4.69, 9.17) is 5.53 Å². The second-order valence-corrected chi connectivity index (χ2v) is 6.10. The van der Waals surface area contributed by atoms with E-state index in [-0.39, 0.29) is 39.3 Å². The number of carbonyl (C=O) groups is 3. The van der Waals surface area contributed by atoms with Gasteiger partial charge < -0.3 is 5.32 Å². The Morgan fingerprint density at radius 3 is 2.14 bits per heavy atom. The molecule has 7 heteroatoms. The molecule has 0 atom stereocenters. The summed E-state index contributed by atoms with van der Waals surface area (Å²) in [7, 11) is 0. The van der Waals surface area contributed by atoms with E-state index in [2.05, 4.69) is 15.3 Å². The molecule has 3 aromatic rings. The van der Waals surface area contributed by atoms with Crippen LogP contribution in [0.4, 0.5) is 11.4 Å². The van der Waals surface area contributed by atoms with Crippen molar-refractivity contribution in [3.8, 4) is 0 Å². The molecular formula is C21H12N4O3. The van der Waals surface area contributed by atoms with Gasteiger partial charge in [-0.2, -0.15) is 0 Å². The van der Waals surface area contributed by atoms with Gasteiger partial charge in [-0.3, -0.25) is 14.4 Å². The zero-order valence-corrected chi connectivity index (χ0v) is 14.4. The van der Waals surface area contributed by atoms with E-state index in [0.717, 1.165) is 0 Å². The van der Waals surface area contributed by atoms with Gasteiger partial charge >= 0.3 is 0 Å². The highest BCUT2D eigenvalue weighted by molar-refractivity contribution is 6.31. The molecule has 0 radical (unpaired) electrons. The summed E-state index contributed by atoms with van der Waals surface area (Å²) in [5, 5.41) is 6.28. The molecule has 1 N–H and O–H groups in total. The Kier molecular flexibility index (Phi) is 4.20. The Balaban J connectivity index is 1.87. The average Bonchev–Trinajstić information content (AvgIpc) is 2.72. The predicted molar refractivity (Wildman–Crippen MR) is 103 cm³/mol. The van der Waals surface area contributed by atoms with Crippen LogP contribution in [-0.2, 0) is 0 Å². The van der Waals surface area contributed by atoms with Crippen LogP contribution in [-0.4, -0.2) is 17.5 Å². The van der Waals surface area contributed by atoms with Crippen LogP contribution in [0.1, 0.15) is 42.2 Å². The normalized spacial score (nSPS) is 11.9. The number of amides is 1. The van der Waals surface area contributed by atoms with E-state index in [0.29, 0.717) is 5.69 Å². The fraction of sp³-hybridized carbons (Fsp3) is 0. The van der Waals surface area contributed by atoms with Crippen LogP contribution in [0.3, 0.4) is 0 Å². The van der Waals surface area contributed by atoms with Gasteiger partial charge in [0, 0.05) is 32.9 Å². The van der Waals surface area contributed by atoms with Crippen molar-refractivity contribution >= 4 is 28.8 Å². The van der Waals surface area contributed by atoms with Crippen LogP contribution < -0.4 is 5.32 Å². The largest absolute Gasteiger partial charge is 0.322 e. The van der Waals surface area contributed by atoms with Gasteiger partial charge in [0.15, 0.2) is 11.6 Å². The first-order chi connectivity index (χ1) is 13.6. The summed E-state index contributed by atoms with van der Waals surface area (Å²) >= 11 is 0. The lowest BCUT2D eigenvalue weighted by atomic mass is 9.82. The van der Waals surface area contributed by atoms with Crippen LogP contribution in [0.15, 0.2) is 71.8 Å².